The molecule has 0 fully saturated rings. The maximum Gasteiger partial charge on any atom is 0.339 e. The Morgan fingerprint density at radius 2 is 1.64 bits per heavy atom. The summed E-state index contributed by atoms with van der Waals surface area (Å²) in [6, 6.07) is 12.6. The molecule has 9 heteroatoms. The van der Waals surface area contributed by atoms with Crippen molar-refractivity contribution in [2.24, 2.45) is 5.73 Å². The third-order valence-corrected chi connectivity index (χ3v) is 5.65. The molecule has 2 aromatic rings. The van der Waals surface area contributed by atoms with E-state index in [9.17, 15) is 18.0 Å². The van der Waals surface area contributed by atoms with Crippen LogP contribution in [0.3, 0.4) is 0 Å². The number of hydrogen-bond donors (Lipinski definition) is 1. The summed E-state index contributed by atoms with van der Waals surface area (Å²) < 4.78 is 41.1. The second kappa shape index (κ2) is 10.8. The molecule has 2 aromatic carbocycles. The lowest BCUT2D eigenvalue weighted by molar-refractivity contribution is -0.157. The van der Waals surface area contributed by atoms with Crippen LogP contribution in [-0.4, -0.2) is 38.1 Å². The van der Waals surface area contributed by atoms with Gasteiger partial charge in [0.25, 0.3) is 0 Å². The fourth-order valence-corrected chi connectivity index (χ4v) is 3.98. The maximum atomic E-state index is 12.6. The Balaban J connectivity index is 2.36. The standard InChI is InChI=1S/C24H31NO7S/c1-16(2)30-21(26)15-20(22(25)23(27)31-24(3,4)5)17-10-9-11-18(14-17)32-33(28,29)19-12-7-6-8-13-19/h6-14,16,20,22H,15,25H2,1-5H3. The Labute approximate surface area is 195 Å². The summed E-state index contributed by atoms with van der Waals surface area (Å²) in [7, 11) is -4.07. The summed E-state index contributed by atoms with van der Waals surface area (Å²) in [5, 5.41) is 0. The highest BCUT2D eigenvalue weighted by atomic mass is 32.2. The zero-order valence-electron chi connectivity index (χ0n) is 19.5. The summed E-state index contributed by atoms with van der Waals surface area (Å²) in [4.78, 5) is 25.0. The van der Waals surface area contributed by atoms with Gasteiger partial charge in [0.1, 0.15) is 22.3 Å². The summed E-state index contributed by atoms with van der Waals surface area (Å²) in [5.41, 5.74) is 5.88. The average Bonchev–Trinajstić information content (AvgIpc) is 2.70. The van der Waals surface area contributed by atoms with E-state index >= 15 is 0 Å². The van der Waals surface area contributed by atoms with Gasteiger partial charge in [-0.15, -0.1) is 0 Å². The topological polar surface area (TPSA) is 122 Å². The number of benzene rings is 2. The molecule has 0 aliphatic heterocycles. The predicted octanol–water partition coefficient (Wildman–Crippen LogP) is 3.55. The van der Waals surface area contributed by atoms with E-state index in [1.54, 1.807) is 65.0 Å². The molecular weight excluding hydrogens is 446 g/mol. The molecule has 0 heterocycles. The van der Waals surface area contributed by atoms with Crippen molar-refractivity contribution < 1.29 is 31.7 Å². The Bertz CT molecular complexity index is 1060. The minimum Gasteiger partial charge on any atom is -0.463 e. The van der Waals surface area contributed by atoms with Gasteiger partial charge in [-0.25, -0.2) is 0 Å². The predicted molar refractivity (Wildman–Crippen MR) is 123 cm³/mol. The maximum absolute atomic E-state index is 12.6. The molecule has 0 aromatic heterocycles. The van der Waals surface area contributed by atoms with Crippen molar-refractivity contribution in [1.29, 1.82) is 0 Å². The Morgan fingerprint density at radius 3 is 2.21 bits per heavy atom. The van der Waals surface area contributed by atoms with E-state index < -0.39 is 39.6 Å². The number of hydrogen-bond acceptors (Lipinski definition) is 8. The fourth-order valence-electron chi connectivity index (χ4n) is 3.04. The van der Waals surface area contributed by atoms with Crippen molar-refractivity contribution in [3.8, 4) is 5.75 Å². The summed E-state index contributed by atoms with van der Waals surface area (Å²) in [6.45, 7) is 8.56. The lowest BCUT2D eigenvalue weighted by atomic mass is 9.88. The van der Waals surface area contributed by atoms with Crippen LogP contribution in [0.5, 0.6) is 5.75 Å². The van der Waals surface area contributed by atoms with Gasteiger partial charge in [0.2, 0.25) is 0 Å². The van der Waals surface area contributed by atoms with Crippen LogP contribution in [0.1, 0.15) is 52.5 Å². The number of carbonyl (C=O) groups is 2. The van der Waals surface area contributed by atoms with E-state index in [4.69, 9.17) is 19.4 Å². The normalized spacial score (nSPS) is 13.8. The van der Waals surface area contributed by atoms with Crippen LogP contribution in [0.4, 0.5) is 0 Å². The lowest BCUT2D eigenvalue weighted by Crippen LogP contribution is -2.42. The molecule has 0 bridgehead atoms. The van der Waals surface area contributed by atoms with Gasteiger partial charge in [-0.05, 0) is 64.4 Å². The van der Waals surface area contributed by atoms with Gasteiger partial charge >= 0.3 is 22.1 Å². The van der Waals surface area contributed by atoms with Crippen LogP contribution in [0, 0.1) is 0 Å². The van der Waals surface area contributed by atoms with Crippen LogP contribution in [0.15, 0.2) is 59.5 Å². The minimum atomic E-state index is -4.07. The SMILES string of the molecule is CC(C)OC(=O)CC(c1cccc(OS(=O)(=O)c2ccccc2)c1)C(N)C(=O)OC(C)(C)C. The van der Waals surface area contributed by atoms with Gasteiger partial charge in [0.05, 0.1) is 12.5 Å². The average molecular weight is 478 g/mol. The number of esters is 2. The third-order valence-electron chi connectivity index (χ3n) is 4.39. The highest BCUT2D eigenvalue weighted by molar-refractivity contribution is 7.87. The molecule has 8 nitrogen and oxygen atoms in total. The first-order chi connectivity index (χ1) is 15.3. The molecule has 2 unspecified atom stereocenters. The van der Waals surface area contributed by atoms with Crippen molar-refractivity contribution in [3.63, 3.8) is 0 Å². The van der Waals surface area contributed by atoms with E-state index in [1.807, 2.05) is 0 Å². The molecule has 0 aliphatic carbocycles. The smallest absolute Gasteiger partial charge is 0.339 e. The number of rotatable bonds is 9. The van der Waals surface area contributed by atoms with E-state index in [0.717, 1.165) is 0 Å². The van der Waals surface area contributed by atoms with Gasteiger partial charge in [-0.1, -0.05) is 30.3 Å². The number of nitrogens with two attached hydrogens (primary N) is 1. The van der Waals surface area contributed by atoms with E-state index in [1.165, 1.54) is 24.3 Å². The fraction of sp³-hybridized carbons (Fsp3) is 0.417. The Hall–Kier alpha value is -2.91. The molecule has 0 spiro atoms. The Kier molecular flexibility index (Phi) is 8.63. The molecule has 2 atom stereocenters. The summed E-state index contributed by atoms with van der Waals surface area (Å²) >= 11 is 0. The van der Waals surface area contributed by atoms with E-state index in [2.05, 4.69) is 0 Å². The van der Waals surface area contributed by atoms with Gasteiger partial charge in [0.15, 0.2) is 0 Å². The molecule has 0 aliphatic rings. The molecule has 2 rings (SSSR count). The van der Waals surface area contributed by atoms with Crippen LogP contribution >= 0.6 is 0 Å². The molecular formula is C24H31NO7S. The molecule has 0 saturated carbocycles. The zero-order valence-corrected chi connectivity index (χ0v) is 20.3. The molecule has 0 amide bonds. The van der Waals surface area contributed by atoms with Crippen molar-refractivity contribution >= 4 is 22.1 Å². The number of carbonyl (C=O) groups excluding carboxylic acids is 2. The first kappa shape index (κ1) is 26.3. The second-order valence-corrected chi connectivity index (χ2v) is 10.4. The van der Waals surface area contributed by atoms with Gasteiger partial charge in [0, 0.05) is 5.92 Å². The quantitative estimate of drug-likeness (QED) is 0.430. The van der Waals surface area contributed by atoms with Crippen LogP contribution < -0.4 is 9.92 Å². The summed E-state index contributed by atoms with van der Waals surface area (Å²) in [5.74, 6) is -2.03. The molecule has 33 heavy (non-hydrogen) atoms. The van der Waals surface area contributed by atoms with Gasteiger partial charge < -0.3 is 19.4 Å². The first-order valence-electron chi connectivity index (χ1n) is 10.6. The third kappa shape index (κ3) is 8.18. The van der Waals surface area contributed by atoms with Crippen LogP contribution in [0.25, 0.3) is 0 Å². The lowest BCUT2D eigenvalue weighted by Gasteiger charge is -2.27. The summed E-state index contributed by atoms with van der Waals surface area (Å²) in [6.07, 6.45) is -0.547. The largest absolute Gasteiger partial charge is 0.463 e. The van der Waals surface area contributed by atoms with Crippen molar-refractivity contribution in [2.45, 2.75) is 69.6 Å². The van der Waals surface area contributed by atoms with E-state index in [-0.39, 0.29) is 23.2 Å². The minimum absolute atomic E-state index is 0.00193. The highest BCUT2D eigenvalue weighted by Gasteiger charge is 2.33. The monoisotopic (exact) mass is 477 g/mol. The molecule has 180 valence electrons. The Morgan fingerprint density at radius 1 is 1.00 bits per heavy atom. The van der Waals surface area contributed by atoms with Gasteiger partial charge in [-0.3, -0.25) is 9.59 Å². The zero-order chi connectivity index (χ0) is 24.8. The van der Waals surface area contributed by atoms with Crippen molar-refractivity contribution in [1.82, 2.24) is 0 Å². The second-order valence-electron chi connectivity index (χ2n) is 8.83. The van der Waals surface area contributed by atoms with Crippen LogP contribution in [-0.2, 0) is 29.2 Å². The van der Waals surface area contributed by atoms with Crippen LogP contribution in [0.2, 0.25) is 0 Å². The molecule has 0 saturated heterocycles. The first-order valence-corrected chi connectivity index (χ1v) is 12.0. The van der Waals surface area contributed by atoms with E-state index in [0.29, 0.717) is 5.56 Å². The van der Waals surface area contributed by atoms with Crippen molar-refractivity contribution in [3.05, 3.63) is 60.2 Å². The van der Waals surface area contributed by atoms with Gasteiger partial charge in [-0.2, -0.15) is 8.42 Å². The molecule has 0 radical (unpaired) electrons. The molecule has 2 N–H and O–H groups in total. The highest BCUT2D eigenvalue weighted by Crippen LogP contribution is 2.29. The van der Waals surface area contributed by atoms with Crippen molar-refractivity contribution in [2.75, 3.05) is 0 Å². The number of ether oxygens (including phenoxy) is 2.